The summed E-state index contributed by atoms with van der Waals surface area (Å²) in [7, 11) is 2.10. The molecule has 3 radical (unpaired) electrons. The molecule has 0 aliphatic heterocycles. The third kappa shape index (κ3) is 32.5. The van der Waals surface area contributed by atoms with Crippen LogP contribution in [0.4, 0.5) is 0 Å². The van der Waals surface area contributed by atoms with Gasteiger partial charge in [0.25, 0.3) is 0 Å². The predicted molar refractivity (Wildman–Crippen MR) is 101 cm³/mol. The van der Waals surface area contributed by atoms with Gasteiger partial charge in [0.2, 0.25) is 0 Å². The molecule has 0 nitrogen and oxygen atoms in total. The normalized spacial score (nSPS) is 13.3. The fourth-order valence-electron chi connectivity index (χ4n) is 2.25. The van der Waals surface area contributed by atoms with Crippen LogP contribution in [0.5, 0.6) is 0 Å². The Labute approximate surface area is 129 Å². The second kappa shape index (κ2) is 8.39. The summed E-state index contributed by atoms with van der Waals surface area (Å²) < 4.78 is 0. The summed E-state index contributed by atoms with van der Waals surface area (Å²) in [4.78, 5) is 0. The van der Waals surface area contributed by atoms with Crippen LogP contribution in [0.2, 0.25) is 0 Å². The molecule has 0 heterocycles. The smallest absolute Gasteiger partial charge is 0 e. The van der Waals surface area contributed by atoms with Crippen molar-refractivity contribution in [1.29, 1.82) is 0 Å². The molecule has 0 fully saturated rings. The lowest BCUT2D eigenvalue weighted by Crippen LogP contribution is -2.16. The fraction of sp³-hybridized carbons (Fsp3) is 1.00. The Hall–Kier alpha value is 0.925. The summed E-state index contributed by atoms with van der Waals surface area (Å²) in [5.74, 6) is 0. The SMILES string of the molecule is CC(C)(C)PC(C)(C)C.CC(C)(C)PC(C)(C)C.[B]. The second-order valence-electron chi connectivity index (χ2n) is 9.25. The topological polar surface area (TPSA) is 0 Å². The average Bonchev–Trinajstić information content (AvgIpc) is 1.64. The lowest BCUT2D eigenvalue weighted by molar-refractivity contribution is 0.724. The van der Waals surface area contributed by atoms with Crippen LogP contribution in [-0.2, 0) is 0 Å². The van der Waals surface area contributed by atoms with Crippen LogP contribution in [0.1, 0.15) is 83.1 Å². The molecule has 0 rings (SSSR count). The molecule has 0 aromatic carbocycles. The third-order valence-corrected chi connectivity index (χ3v) is 4.50. The monoisotopic (exact) mass is 303 g/mol. The maximum absolute atomic E-state index is 2.30. The van der Waals surface area contributed by atoms with Crippen molar-refractivity contribution in [2.45, 2.75) is 104 Å². The van der Waals surface area contributed by atoms with Gasteiger partial charge in [0.1, 0.15) is 0 Å². The van der Waals surface area contributed by atoms with Crippen LogP contribution in [0, 0.1) is 0 Å². The summed E-state index contributed by atoms with van der Waals surface area (Å²) in [6.45, 7) is 27.6. The molecule has 0 atom stereocenters. The van der Waals surface area contributed by atoms with E-state index in [0.717, 1.165) is 17.2 Å². The summed E-state index contributed by atoms with van der Waals surface area (Å²) >= 11 is 0. The molecular weight excluding hydrogens is 265 g/mol. The van der Waals surface area contributed by atoms with Gasteiger partial charge < -0.3 is 0 Å². The molecule has 0 aliphatic rings. The lowest BCUT2D eigenvalue weighted by Gasteiger charge is -2.28. The first-order valence-corrected chi connectivity index (χ1v) is 9.00. The highest BCUT2D eigenvalue weighted by Crippen LogP contribution is 2.42. The molecule has 0 bridgehead atoms. The summed E-state index contributed by atoms with van der Waals surface area (Å²) in [5, 5.41) is 2.05. The molecule has 0 aromatic heterocycles. The first-order valence-electron chi connectivity index (χ1n) is 7.00. The zero-order valence-corrected chi connectivity index (χ0v) is 17.6. The van der Waals surface area contributed by atoms with E-state index in [1.54, 1.807) is 0 Å². The van der Waals surface area contributed by atoms with Crippen molar-refractivity contribution < 1.29 is 0 Å². The predicted octanol–water partition coefficient (Wildman–Crippen LogP) is 6.14. The minimum atomic E-state index is 0. The largest absolute Gasteiger partial charge is 0.111 e. The van der Waals surface area contributed by atoms with E-state index in [-0.39, 0.29) is 8.41 Å². The minimum absolute atomic E-state index is 0. The average molecular weight is 303 g/mol. The van der Waals surface area contributed by atoms with E-state index < -0.39 is 0 Å². The van der Waals surface area contributed by atoms with Gasteiger partial charge in [-0.15, -0.1) is 17.2 Å². The van der Waals surface area contributed by atoms with Gasteiger partial charge in [-0.1, -0.05) is 83.1 Å². The molecular formula is C16H38BP2. The van der Waals surface area contributed by atoms with E-state index in [9.17, 15) is 0 Å². The molecule has 0 aromatic rings. The molecule has 3 heteroatoms. The van der Waals surface area contributed by atoms with Crippen molar-refractivity contribution in [3.8, 4) is 0 Å². The van der Waals surface area contributed by atoms with Crippen molar-refractivity contribution in [3.05, 3.63) is 0 Å². The van der Waals surface area contributed by atoms with E-state index >= 15 is 0 Å². The molecule has 0 aliphatic carbocycles. The minimum Gasteiger partial charge on any atom is -0.111 e. The Morgan fingerprint density at radius 2 is 0.474 bits per heavy atom. The van der Waals surface area contributed by atoms with Crippen molar-refractivity contribution >= 4 is 25.6 Å². The molecule has 19 heavy (non-hydrogen) atoms. The maximum atomic E-state index is 2.30. The zero-order valence-electron chi connectivity index (χ0n) is 15.6. The molecule has 0 saturated carbocycles. The quantitative estimate of drug-likeness (QED) is 0.372. The fourth-order valence-corrected chi connectivity index (χ4v) is 6.75. The van der Waals surface area contributed by atoms with Crippen LogP contribution < -0.4 is 0 Å². The maximum Gasteiger partial charge on any atom is 0 e. The van der Waals surface area contributed by atoms with Gasteiger partial charge in [-0.2, -0.15) is 0 Å². The van der Waals surface area contributed by atoms with Crippen molar-refractivity contribution in [2.75, 3.05) is 0 Å². The summed E-state index contributed by atoms with van der Waals surface area (Å²) in [6, 6.07) is 0. The van der Waals surface area contributed by atoms with Crippen molar-refractivity contribution in [1.82, 2.24) is 0 Å². The highest BCUT2D eigenvalue weighted by molar-refractivity contribution is 7.42. The molecule has 0 spiro atoms. The Balaban J connectivity index is -0.000000256. The second-order valence-corrected chi connectivity index (χ2v) is 15.8. The molecule has 115 valence electrons. The number of hydrogen-bond donors (Lipinski definition) is 0. The Morgan fingerprint density at radius 3 is 0.474 bits per heavy atom. The number of hydrogen-bond acceptors (Lipinski definition) is 0. The molecule has 0 N–H and O–H groups in total. The van der Waals surface area contributed by atoms with Gasteiger partial charge in [-0.3, -0.25) is 0 Å². The van der Waals surface area contributed by atoms with Crippen LogP contribution in [0.15, 0.2) is 0 Å². The zero-order chi connectivity index (χ0) is 15.4. The van der Waals surface area contributed by atoms with Crippen molar-refractivity contribution in [3.63, 3.8) is 0 Å². The van der Waals surface area contributed by atoms with Gasteiger partial charge in [-0.25, -0.2) is 0 Å². The first kappa shape index (κ1) is 24.9. The molecule has 0 unspecified atom stereocenters. The van der Waals surface area contributed by atoms with Gasteiger partial charge >= 0.3 is 0 Å². The lowest BCUT2D eigenvalue weighted by atomic mass is 10.2. The Bertz CT molecular complexity index is 171. The first-order chi connectivity index (χ1) is 7.41. The highest BCUT2D eigenvalue weighted by atomic mass is 31.1. The van der Waals surface area contributed by atoms with Crippen LogP contribution in [0.25, 0.3) is 0 Å². The van der Waals surface area contributed by atoms with Gasteiger partial charge in [0, 0.05) is 8.41 Å². The van der Waals surface area contributed by atoms with Crippen LogP contribution in [0.3, 0.4) is 0 Å². The Kier molecular flexibility index (Phi) is 11.0. The van der Waals surface area contributed by atoms with E-state index in [1.807, 2.05) is 0 Å². The van der Waals surface area contributed by atoms with Gasteiger partial charge in [-0.05, 0) is 20.6 Å². The standard InChI is InChI=1S/2C8H19P.B/c2*1-7(2,3)9-8(4,5)6;/h2*9H,1-6H3;. The number of rotatable bonds is 0. The Morgan fingerprint density at radius 1 is 0.368 bits per heavy atom. The van der Waals surface area contributed by atoms with E-state index in [1.165, 1.54) is 0 Å². The van der Waals surface area contributed by atoms with Crippen LogP contribution >= 0.6 is 17.2 Å². The highest BCUT2D eigenvalue weighted by Gasteiger charge is 2.20. The summed E-state index contributed by atoms with van der Waals surface area (Å²) in [5.41, 5.74) is 0. The van der Waals surface area contributed by atoms with Gasteiger partial charge in [0.15, 0.2) is 0 Å². The van der Waals surface area contributed by atoms with Gasteiger partial charge in [0.05, 0.1) is 0 Å². The molecule has 0 saturated heterocycles. The summed E-state index contributed by atoms with van der Waals surface area (Å²) in [6.07, 6.45) is 0. The molecule has 0 amide bonds. The van der Waals surface area contributed by atoms with E-state index in [0.29, 0.717) is 20.6 Å². The van der Waals surface area contributed by atoms with E-state index in [2.05, 4.69) is 83.1 Å². The third-order valence-electron chi connectivity index (χ3n) is 1.50. The van der Waals surface area contributed by atoms with Crippen LogP contribution in [-0.4, -0.2) is 29.0 Å². The van der Waals surface area contributed by atoms with Crippen molar-refractivity contribution in [2.24, 2.45) is 0 Å². The van der Waals surface area contributed by atoms with E-state index in [4.69, 9.17) is 0 Å².